The molecule has 6 nitrogen and oxygen atoms in total. The number of nitrogens with one attached hydrogen (secondary N) is 1. The van der Waals surface area contributed by atoms with E-state index >= 15 is 0 Å². The standard InChI is InChI=1S/C21H24F2N4O2/c22-21(23)29-19-9-5-4-6-17(19)16-24-25-20(28)10-11-26-12-14-27(15-13-26)18-7-2-1-3-8-18/h1-9,16,21H,10-15H2,(H,25,28)/b24-16+. The molecule has 29 heavy (non-hydrogen) atoms. The van der Waals surface area contributed by atoms with Crippen molar-refractivity contribution in [3.63, 3.8) is 0 Å². The molecule has 1 saturated heterocycles. The van der Waals surface area contributed by atoms with E-state index in [1.807, 2.05) is 18.2 Å². The molecule has 0 spiro atoms. The third kappa shape index (κ3) is 6.53. The van der Waals surface area contributed by atoms with Crippen LogP contribution in [0.5, 0.6) is 5.75 Å². The fraction of sp³-hybridized carbons (Fsp3) is 0.333. The Kier molecular flexibility index (Phi) is 7.52. The molecule has 1 amide bonds. The van der Waals surface area contributed by atoms with Crippen LogP contribution in [-0.4, -0.2) is 56.4 Å². The molecule has 154 valence electrons. The minimum Gasteiger partial charge on any atom is -0.434 e. The molecule has 0 radical (unpaired) electrons. The number of hydrogen-bond donors (Lipinski definition) is 1. The van der Waals surface area contributed by atoms with Gasteiger partial charge in [-0.25, -0.2) is 5.43 Å². The average molecular weight is 402 g/mol. The summed E-state index contributed by atoms with van der Waals surface area (Å²) in [5.74, 6) is -0.212. The van der Waals surface area contributed by atoms with Gasteiger partial charge in [-0.1, -0.05) is 30.3 Å². The van der Waals surface area contributed by atoms with Crippen LogP contribution >= 0.6 is 0 Å². The smallest absolute Gasteiger partial charge is 0.387 e. The lowest BCUT2D eigenvalue weighted by molar-refractivity contribution is -0.121. The van der Waals surface area contributed by atoms with E-state index in [4.69, 9.17) is 0 Å². The summed E-state index contributed by atoms with van der Waals surface area (Å²) in [6, 6.07) is 16.5. The average Bonchev–Trinajstić information content (AvgIpc) is 2.74. The van der Waals surface area contributed by atoms with Crippen LogP contribution in [0, 0.1) is 0 Å². The highest BCUT2D eigenvalue weighted by atomic mass is 19.3. The van der Waals surface area contributed by atoms with Crippen molar-refractivity contribution < 1.29 is 18.3 Å². The van der Waals surface area contributed by atoms with Gasteiger partial charge in [0, 0.05) is 50.4 Å². The van der Waals surface area contributed by atoms with E-state index in [0.29, 0.717) is 18.5 Å². The first kappa shape index (κ1) is 20.7. The number of ether oxygens (including phenoxy) is 1. The highest BCUT2D eigenvalue weighted by Crippen LogP contribution is 2.18. The molecule has 0 aliphatic carbocycles. The monoisotopic (exact) mass is 402 g/mol. The van der Waals surface area contributed by atoms with Gasteiger partial charge in [-0.3, -0.25) is 9.69 Å². The summed E-state index contributed by atoms with van der Waals surface area (Å²) in [7, 11) is 0. The predicted molar refractivity (Wildman–Crippen MR) is 109 cm³/mol. The van der Waals surface area contributed by atoms with Crippen molar-refractivity contribution in [1.82, 2.24) is 10.3 Å². The van der Waals surface area contributed by atoms with Crippen molar-refractivity contribution in [3.8, 4) is 5.75 Å². The van der Waals surface area contributed by atoms with Gasteiger partial charge in [0.05, 0.1) is 6.21 Å². The van der Waals surface area contributed by atoms with Crippen molar-refractivity contribution in [3.05, 3.63) is 60.2 Å². The molecule has 0 atom stereocenters. The van der Waals surface area contributed by atoms with Gasteiger partial charge in [0.25, 0.3) is 0 Å². The minimum atomic E-state index is -2.92. The quantitative estimate of drug-likeness (QED) is 0.545. The van der Waals surface area contributed by atoms with Gasteiger partial charge >= 0.3 is 6.61 Å². The zero-order chi connectivity index (χ0) is 20.5. The number of carbonyl (C=O) groups excluding carboxylic acids is 1. The Morgan fingerprint density at radius 2 is 1.76 bits per heavy atom. The molecule has 1 aliphatic rings. The maximum atomic E-state index is 12.4. The predicted octanol–water partition coefficient (Wildman–Crippen LogP) is 2.95. The maximum Gasteiger partial charge on any atom is 0.387 e. The van der Waals surface area contributed by atoms with E-state index in [0.717, 1.165) is 26.2 Å². The summed E-state index contributed by atoms with van der Waals surface area (Å²) in [6.07, 6.45) is 1.62. The largest absolute Gasteiger partial charge is 0.434 e. The number of halogens is 2. The second kappa shape index (κ2) is 10.5. The number of nitrogens with zero attached hydrogens (tertiary/aromatic N) is 3. The number of rotatable bonds is 8. The molecule has 2 aromatic carbocycles. The number of alkyl halides is 2. The topological polar surface area (TPSA) is 57.2 Å². The lowest BCUT2D eigenvalue weighted by Crippen LogP contribution is -2.47. The van der Waals surface area contributed by atoms with Crippen molar-refractivity contribution in [2.75, 3.05) is 37.6 Å². The Morgan fingerprint density at radius 3 is 2.48 bits per heavy atom. The van der Waals surface area contributed by atoms with Crippen LogP contribution in [0.3, 0.4) is 0 Å². The number of anilines is 1. The lowest BCUT2D eigenvalue weighted by Gasteiger charge is -2.36. The van der Waals surface area contributed by atoms with Crippen LogP contribution in [0.4, 0.5) is 14.5 Å². The van der Waals surface area contributed by atoms with Crippen molar-refractivity contribution in [2.45, 2.75) is 13.0 Å². The Morgan fingerprint density at radius 1 is 1.07 bits per heavy atom. The van der Waals surface area contributed by atoms with Crippen LogP contribution in [0.1, 0.15) is 12.0 Å². The normalized spacial score (nSPS) is 15.1. The number of hydrazone groups is 1. The summed E-state index contributed by atoms with van der Waals surface area (Å²) in [5.41, 5.74) is 4.02. The molecule has 0 aromatic heterocycles. The number of amides is 1. The first-order valence-electron chi connectivity index (χ1n) is 9.50. The van der Waals surface area contributed by atoms with Crippen LogP contribution < -0.4 is 15.1 Å². The minimum absolute atomic E-state index is 0.0109. The molecule has 8 heteroatoms. The molecule has 1 N–H and O–H groups in total. The summed E-state index contributed by atoms with van der Waals surface area (Å²) < 4.78 is 29.2. The summed E-state index contributed by atoms with van der Waals surface area (Å²) in [6.45, 7) is 1.36. The van der Waals surface area contributed by atoms with Crippen LogP contribution in [0.25, 0.3) is 0 Å². The van der Waals surface area contributed by atoms with Crippen molar-refractivity contribution in [2.24, 2.45) is 5.10 Å². The zero-order valence-corrected chi connectivity index (χ0v) is 16.0. The summed E-state index contributed by atoms with van der Waals surface area (Å²) >= 11 is 0. The number of hydrogen-bond acceptors (Lipinski definition) is 5. The van der Waals surface area contributed by atoms with Gasteiger partial charge in [-0.2, -0.15) is 13.9 Å². The Hall–Kier alpha value is -3.00. The fourth-order valence-electron chi connectivity index (χ4n) is 3.15. The van der Waals surface area contributed by atoms with Crippen LogP contribution in [0.2, 0.25) is 0 Å². The van der Waals surface area contributed by atoms with E-state index < -0.39 is 6.61 Å². The first-order valence-corrected chi connectivity index (χ1v) is 9.50. The second-order valence-corrected chi connectivity index (χ2v) is 6.62. The number of carbonyl (C=O) groups is 1. The van der Waals surface area contributed by atoms with E-state index in [9.17, 15) is 13.6 Å². The van der Waals surface area contributed by atoms with Gasteiger partial charge < -0.3 is 9.64 Å². The van der Waals surface area contributed by atoms with Crippen molar-refractivity contribution >= 4 is 17.8 Å². The third-order valence-electron chi connectivity index (χ3n) is 4.68. The van der Waals surface area contributed by atoms with E-state index in [1.165, 1.54) is 18.0 Å². The molecule has 0 bridgehead atoms. The summed E-state index contributed by atoms with van der Waals surface area (Å²) in [4.78, 5) is 16.6. The lowest BCUT2D eigenvalue weighted by atomic mass is 10.2. The van der Waals surface area contributed by atoms with Gasteiger partial charge in [0.1, 0.15) is 5.75 Å². The highest BCUT2D eigenvalue weighted by Gasteiger charge is 2.17. The molecular formula is C21H24F2N4O2. The van der Waals surface area contributed by atoms with E-state index in [2.05, 4.69) is 37.2 Å². The number of piperazine rings is 1. The van der Waals surface area contributed by atoms with Gasteiger partial charge in [0.2, 0.25) is 5.91 Å². The van der Waals surface area contributed by atoms with Gasteiger partial charge in [0.15, 0.2) is 0 Å². The highest BCUT2D eigenvalue weighted by molar-refractivity contribution is 5.85. The number of para-hydroxylation sites is 2. The Balaban J connectivity index is 1.39. The maximum absolute atomic E-state index is 12.4. The Bertz CT molecular complexity index is 809. The molecule has 1 heterocycles. The fourth-order valence-corrected chi connectivity index (χ4v) is 3.15. The molecule has 1 aliphatic heterocycles. The second-order valence-electron chi connectivity index (χ2n) is 6.62. The Labute approximate surface area is 168 Å². The molecule has 2 aromatic rings. The van der Waals surface area contributed by atoms with Crippen LogP contribution in [0.15, 0.2) is 59.7 Å². The summed E-state index contributed by atoms with van der Waals surface area (Å²) in [5, 5.41) is 3.85. The van der Waals surface area contributed by atoms with Crippen molar-refractivity contribution in [1.29, 1.82) is 0 Å². The molecule has 3 rings (SSSR count). The van der Waals surface area contributed by atoms with Crippen LogP contribution in [-0.2, 0) is 4.79 Å². The molecular weight excluding hydrogens is 378 g/mol. The van der Waals surface area contributed by atoms with E-state index in [1.54, 1.807) is 18.2 Å². The third-order valence-corrected chi connectivity index (χ3v) is 4.68. The zero-order valence-electron chi connectivity index (χ0n) is 16.0. The SMILES string of the molecule is O=C(CCN1CCN(c2ccccc2)CC1)N/N=C/c1ccccc1OC(F)F. The van der Waals surface area contributed by atoms with Gasteiger partial charge in [-0.15, -0.1) is 0 Å². The molecule has 1 fully saturated rings. The van der Waals surface area contributed by atoms with E-state index in [-0.39, 0.29) is 11.7 Å². The first-order chi connectivity index (χ1) is 14.1. The van der Waals surface area contributed by atoms with Gasteiger partial charge in [-0.05, 0) is 24.3 Å². The number of benzene rings is 2. The molecule has 0 saturated carbocycles. The molecule has 0 unspecified atom stereocenters.